The third kappa shape index (κ3) is 3.16. The Kier molecular flexibility index (Phi) is 5.29. The van der Waals surface area contributed by atoms with Gasteiger partial charge in [-0.3, -0.25) is 9.48 Å². The summed E-state index contributed by atoms with van der Waals surface area (Å²) in [6, 6.07) is 7.54. The van der Waals surface area contributed by atoms with Crippen LogP contribution in [0.25, 0.3) is 11.5 Å². The Labute approximate surface area is 176 Å². The summed E-state index contributed by atoms with van der Waals surface area (Å²) in [5.74, 6) is 0.786. The van der Waals surface area contributed by atoms with Gasteiger partial charge in [0, 0.05) is 42.3 Å². The second-order valence-corrected chi connectivity index (χ2v) is 8.24. The molecule has 1 amide bonds. The monoisotopic (exact) mass is 460 g/mol. The van der Waals surface area contributed by atoms with Gasteiger partial charge in [0.15, 0.2) is 11.0 Å². The number of thioether (sulfide) groups is 1. The third-order valence-electron chi connectivity index (χ3n) is 5.06. The van der Waals surface area contributed by atoms with Crippen LogP contribution in [-0.4, -0.2) is 48.2 Å². The number of carbonyl (C=O) groups is 1. The highest BCUT2D eigenvalue weighted by Crippen LogP contribution is 2.31. The summed E-state index contributed by atoms with van der Waals surface area (Å²) >= 11 is 5.06. The smallest absolute Gasteiger partial charge is 0.255 e. The zero-order valence-corrected chi connectivity index (χ0v) is 18.4. The summed E-state index contributed by atoms with van der Waals surface area (Å²) in [6.45, 7) is 4.03. The Morgan fingerprint density at radius 1 is 1.29 bits per heavy atom. The summed E-state index contributed by atoms with van der Waals surface area (Å²) < 4.78 is 4.80. The van der Waals surface area contributed by atoms with Crippen LogP contribution in [0.4, 0.5) is 0 Å². The number of aryl methyl sites for hydroxylation is 1. The lowest BCUT2D eigenvalue weighted by atomic mass is 10.0. The van der Waals surface area contributed by atoms with Gasteiger partial charge < -0.3 is 9.47 Å². The number of rotatable bonds is 4. The number of fused-ring (bicyclic) bond motifs is 1. The molecule has 3 heterocycles. The minimum Gasteiger partial charge on any atom is -0.334 e. The number of halogens is 1. The highest BCUT2D eigenvalue weighted by atomic mass is 79.9. The van der Waals surface area contributed by atoms with Gasteiger partial charge in [0.1, 0.15) is 5.69 Å². The van der Waals surface area contributed by atoms with Gasteiger partial charge in [-0.2, -0.15) is 5.10 Å². The molecule has 0 N–H and O–H groups in total. The fraction of sp³-hybridized carbons (Fsp3) is 0.368. The third-order valence-corrected chi connectivity index (χ3v) is 6.42. The van der Waals surface area contributed by atoms with Crippen LogP contribution in [0.5, 0.6) is 0 Å². The molecule has 1 aliphatic rings. The second kappa shape index (κ2) is 7.71. The number of aromatic nitrogens is 5. The van der Waals surface area contributed by atoms with Gasteiger partial charge in [-0.05, 0) is 41.2 Å². The van der Waals surface area contributed by atoms with Gasteiger partial charge in [0.05, 0.1) is 12.1 Å². The van der Waals surface area contributed by atoms with E-state index in [-0.39, 0.29) is 5.91 Å². The molecule has 2 aromatic heterocycles. The van der Waals surface area contributed by atoms with E-state index >= 15 is 0 Å². The Balaban J connectivity index is 1.72. The first kappa shape index (κ1) is 19.2. The maximum Gasteiger partial charge on any atom is 0.255 e. The molecule has 7 nitrogen and oxygen atoms in total. The van der Waals surface area contributed by atoms with Crippen LogP contribution in [0.15, 0.2) is 33.9 Å². The predicted molar refractivity (Wildman–Crippen MR) is 112 cm³/mol. The minimum atomic E-state index is 0.0229. The summed E-state index contributed by atoms with van der Waals surface area (Å²) in [4.78, 5) is 15.0. The van der Waals surface area contributed by atoms with E-state index < -0.39 is 0 Å². The van der Waals surface area contributed by atoms with E-state index in [9.17, 15) is 4.79 Å². The molecule has 1 aliphatic heterocycles. The summed E-state index contributed by atoms with van der Waals surface area (Å²) in [6.07, 6.45) is 2.76. The number of nitrogens with zero attached hydrogens (tertiary/aromatic N) is 6. The fourth-order valence-corrected chi connectivity index (χ4v) is 4.66. The van der Waals surface area contributed by atoms with Crippen molar-refractivity contribution in [2.75, 3.05) is 12.8 Å². The van der Waals surface area contributed by atoms with E-state index in [1.807, 2.05) is 47.2 Å². The molecule has 3 aromatic rings. The maximum atomic E-state index is 13.1. The highest BCUT2D eigenvalue weighted by Gasteiger charge is 2.30. The highest BCUT2D eigenvalue weighted by molar-refractivity contribution is 9.10. The second-order valence-electron chi connectivity index (χ2n) is 6.61. The first-order valence-electron chi connectivity index (χ1n) is 9.11. The summed E-state index contributed by atoms with van der Waals surface area (Å²) in [5.41, 5.74) is 3.71. The molecule has 9 heteroatoms. The lowest BCUT2D eigenvalue weighted by Gasteiger charge is -2.28. The van der Waals surface area contributed by atoms with Crippen LogP contribution in [0.2, 0.25) is 0 Å². The van der Waals surface area contributed by atoms with Gasteiger partial charge in [0.25, 0.3) is 5.91 Å². The molecular formula is C19H21BrN6OS. The molecule has 0 saturated heterocycles. The predicted octanol–water partition coefficient (Wildman–Crippen LogP) is 3.38. The largest absolute Gasteiger partial charge is 0.334 e. The molecule has 0 atom stereocenters. The zero-order chi connectivity index (χ0) is 19.8. The van der Waals surface area contributed by atoms with Crippen molar-refractivity contribution in [1.82, 2.24) is 29.4 Å². The lowest BCUT2D eigenvalue weighted by molar-refractivity contribution is 0.0732. The summed E-state index contributed by atoms with van der Waals surface area (Å²) in [7, 11) is 1.95. The number of benzene rings is 1. The van der Waals surface area contributed by atoms with Crippen LogP contribution >= 0.6 is 27.7 Å². The van der Waals surface area contributed by atoms with E-state index in [0.717, 1.165) is 45.4 Å². The van der Waals surface area contributed by atoms with Crippen molar-refractivity contribution in [1.29, 1.82) is 0 Å². The maximum absolute atomic E-state index is 13.1. The van der Waals surface area contributed by atoms with Crippen molar-refractivity contribution >= 4 is 33.6 Å². The van der Waals surface area contributed by atoms with Crippen LogP contribution in [-0.2, 0) is 26.6 Å². The first-order valence-corrected chi connectivity index (χ1v) is 11.1. The van der Waals surface area contributed by atoms with Crippen LogP contribution < -0.4 is 0 Å². The molecule has 0 fully saturated rings. The van der Waals surface area contributed by atoms with Crippen molar-refractivity contribution in [3.63, 3.8) is 0 Å². The molecular weight excluding hydrogens is 440 g/mol. The van der Waals surface area contributed by atoms with E-state index in [1.165, 1.54) is 0 Å². The van der Waals surface area contributed by atoms with E-state index in [1.54, 1.807) is 11.8 Å². The Morgan fingerprint density at radius 2 is 2.07 bits per heavy atom. The number of carbonyl (C=O) groups excluding carboxylic acids is 1. The average Bonchev–Trinajstić information content (AvgIpc) is 3.27. The van der Waals surface area contributed by atoms with Crippen molar-refractivity contribution in [2.45, 2.75) is 31.6 Å². The molecule has 146 valence electrons. The van der Waals surface area contributed by atoms with Gasteiger partial charge >= 0.3 is 0 Å². The van der Waals surface area contributed by atoms with E-state index in [4.69, 9.17) is 5.10 Å². The zero-order valence-electron chi connectivity index (χ0n) is 16.0. The molecule has 0 bridgehead atoms. The standard InChI is InChI=1S/C19H21BrN6OS/c1-4-26-17(21-22-19(26)28-3)16-13-11-25(10-9-15(13)24(2)23-16)18(27)12-7-5-6-8-14(12)20/h5-8H,4,9-11H2,1-3H3. The molecule has 0 radical (unpaired) electrons. The SMILES string of the molecule is CCn1c(SC)nnc1-c1nn(C)c2c1CN(C(=O)c1ccccc1Br)CC2. The van der Waals surface area contributed by atoms with Gasteiger partial charge in [-0.25, -0.2) is 0 Å². The number of amides is 1. The van der Waals surface area contributed by atoms with Crippen molar-refractivity contribution in [2.24, 2.45) is 7.05 Å². The molecule has 0 aliphatic carbocycles. The normalized spacial score (nSPS) is 13.6. The molecule has 0 saturated carbocycles. The Morgan fingerprint density at radius 3 is 2.79 bits per heavy atom. The topological polar surface area (TPSA) is 68.8 Å². The molecule has 1 aromatic carbocycles. The van der Waals surface area contributed by atoms with Crippen molar-refractivity contribution in [3.05, 3.63) is 45.6 Å². The van der Waals surface area contributed by atoms with Gasteiger partial charge in [-0.15, -0.1) is 10.2 Å². The van der Waals surface area contributed by atoms with Gasteiger partial charge in [-0.1, -0.05) is 23.9 Å². The van der Waals surface area contributed by atoms with Crippen LogP contribution in [0.3, 0.4) is 0 Å². The summed E-state index contributed by atoms with van der Waals surface area (Å²) in [5, 5.41) is 14.3. The first-order chi connectivity index (χ1) is 13.5. The van der Waals surface area contributed by atoms with Crippen molar-refractivity contribution in [3.8, 4) is 11.5 Å². The Bertz CT molecular complexity index is 1040. The fourth-order valence-electron chi connectivity index (χ4n) is 3.65. The molecule has 4 rings (SSSR count). The van der Waals surface area contributed by atoms with Crippen molar-refractivity contribution < 1.29 is 4.79 Å². The number of hydrogen-bond acceptors (Lipinski definition) is 5. The number of hydrogen-bond donors (Lipinski definition) is 0. The van der Waals surface area contributed by atoms with E-state index in [2.05, 4.69) is 37.6 Å². The Hall–Kier alpha value is -2.13. The molecule has 0 spiro atoms. The van der Waals surface area contributed by atoms with Crippen LogP contribution in [0.1, 0.15) is 28.5 Å². The van der Waals surface area contributed by atoms with Gasteiger partial charge in [0.2, 0.25) is 0 Å². The quantitative estimate of drug-likeness (QED) is 0.558. The minimum absolute atomic E-state index is 0.0229. The lowest BCUT2D eigenvalue weighted by Crippen LogP contribution is -2.36. The molecule has 0 unspecified atom stereocenters. The average molecular weight is 461 g/mol. The molecule has 28 heavy (non-hydrogen) atoms. The van der Waals surface area contributed by atoms with Crippen LogP contribution in [0, 0.1) is 0 Å². The van der Waals surface area contributed by atoms with E-state index in [0.29, 0.717) is 18.7 Å².